The molecule has 0 N–H and O–H groups in total. The summed E-state index contributed by atoms with van der Waals surface area (Å²) < 4.78 is 26.7. The molecule has 3 heterocycles. The van der Waals surface area contributed by atoms with Crippen molar-refractivity contribution in [1.82, 2.24) is 24.7 Å². The number of nitrogens with zero attached hydrogens (tertiary/aromatic N) is 5. The van der Waals surface area contributed by atoms with Crippen molar-refractivity contribution in [2.45, 2.75) is 37.5 Å². The predicted octanol–water partition coefficient (Wildman–Crippen LogP) is 2.70. The third-order valence-electron chi connectivity index (χ3n) is 4.47. The zero-order valence-electron chi connectivity index (χ0n) is 14.6. The van der Waals surface area contributed by atoms with Gasteiger partial charge in [0.15, 0.2) is 15.7 Å². The van der Waals surface area contributed by atoms with Crippen LogP contribution in [0.1, 0.15) is 36.8 Å². The molecule has 0 bridgehead atoms. The summed E-state index contributed by atoms with van der Waals surface area (Å²) in [6.45, 7) is 3.59. The summed E-state index contributed by atoms with van der Waals surface area (Å²) in [5.41, 5.74) is 2.31. The first kappa shape index (κ1) is 16.8. The smallest absolute Gasteiger partial charge is 0.201 e. The molecule has 0 radical (unpaired) electrons. The van der Waals surface area contributed by atoms with Gasteiger partial charge in [-0.05, 0) is 48.9 Å². The van der Waals surface area contributed by atoms with Gasteiger partial charge in [0.1, 0.15) is 12.0 Å². The van der Waals surface area contributed by atoms with Crippen molar-refractivity contribution in [3.05, 3.63) is 48.0 Å². The summed E-state index contributed by atoms with van der Waals surface area (Å²) in [5, 5.41) is 4.40. The largest absolute Gasteiger partial charge is 0.251 e. The molecular weight excluding hydrogens is 350 g/mol. The fraction of sp³-hybridized carbons (Fsp3) is 0.333. The average molecular weight is 369 g/mol. The van der Waals surface area contributed by atoms with Crippen LogP contribution in [0.25, 0.3) is 17.3 Å². The van der Waals surface area contributed by atoms with E-state index in [2.05, 4.69) is 20.1 Å². The normalized spacial score (nSPS) is 14.5. The standard InChI is InChI=1S/C18H19N5O2S/c1-3-26(24,25)15-8-14(13-5-6-13)10-20-17(15)18-21-11-23(22-18)16-7-4-12(2)9-19-16/h4,7-11,13H,3,5-6H2,1-2H3. The monoisotopic (exact) mass is 369 g/mol. The van der Waals surface area contributed by atoms with E-state index in [9.17, 15) is 8.42 Å². The highest BCUT2D eigenvalue weighted by Crippen LogP contribution is 2.41. The summed E-state index contributed by atoms with van der Waals surface area (Å²) in [6.07, 6.45) is 7.17. The maximum atomic E-state index is 12.6. The molecule has 1 saturated carbocycles. The van der Waals surface area contributed by atoms with Crippen molar-refractivity contribution >= 4 is 9.84 Å². The van der Waals surface area contributed by atoms with Gasteiger partial charge in [-0.3, -0.25) is 4.98 Å². The van der Waals surface area contributed by atoms with Crippen molar-refractivity contribution in [2.75, 3.05) is 5.75 Å². The van der Waals surface area contributed by atoms with Crippen molar-refractivity contribution in [3.8, 4) is 17.3 Å². The molecule has 0 unspecified atom stereocenters. The molecule has 0 saturated heterocycles. The fourth-order valence-corrected chi connectivity index (χ4v) is 3.80. The van der Waals surface area contributed by atoms with Crippen LogP contribution in [-0.4, -0.2) is 38.9 Å². The third kappa shape index (κ3) is 3.12. The SMILES string of the molecule is CCS(=O)(=O)c1cc(C2CC2)cnc1-c1ncn(-c2ccc(C)cn2)n1. The van der Waals surface area contributed by atoms with E-state index in [0.717, 1.165) is 24.0 Å². The first-order valence-electron chi connectivity index (χ1n) is 8.55. The van der Waals surface area contributed by atoms with Gasteiger partial charge in [-0.2, -0.15) is 0 Å². The minimum absolute atomic E-state index is 0.00995. The molecule has 1 aliphatic rings. The lowest BCUT2D eigenvalue weighted by molar-refractivity contribution is 0.597. The van der Waals surface area contributed by atoms with Crippen LogP contribution in [0.2, 0.25) is 0 Å². The lowest BCUT2D eigenvalue weighted by Crippen LogP contribution is -2.08. The number of aryl methyl sites for hydroxylation is 1. The number of pyridine rings is 2. The van der Waals surface area contributed by atoms with Gasteiger partial charge >= 0.3 is 0 Å². The van der Waals surface area contributed by atoms with E-state index in [1.165, 1.54) is 11.0 Å². The van der Waals surface area contributed by atoms with Gasteiger partial charge in [0, 0.05) is 12.4 Å². The Bertz CT molecular complexity index is 1050. The van der Waals surface area contributed by atoms with E-state index in [1.54, 1.807) is 25.4 Å². The van der Waals surface area contributed by atoms with Gasteiger partial charge in [0.2, 0.25) is 5.82 Å². The Morgan fingerprint density at radius 3 is 2.62 bits per heavy atom. The molecule has 0 atom stereocenters. The second-order valence-corrected chi connectivity index (χ2v) is 8.75. The van der Waals surface area contributed by atoms with Gasteiger partial charge in [-0.25, -0.2) is 23.1 Å². The number of rotatable bonds is 5. The van der Waals surface area contributed by atoms with Crippen LogP contribution >= 0.6 is 0 Å². The minimum atomic E-state index is -3.43. The Labute approximate surface area is 152 Å². The van der Waals surface area contributed by atoms with Gasteiger partial charge in [-0.1, -0.05) is 13.0 Å². The fourth-order valence-electron chi connectivity index (χ4n) is 2.74. The Balaban J connectivity index is 1.79. The van der Waals surface area contributed by atoms with Crippen LogP contribution in [0.5, 0.6) is 0 Å². The minimum Gasteiger partial charge on any atom is -0.251 e. The lowest BCUT2D eigenvalue weighted by atomic mass is 10.2. The molecule has 0 spiro atoms. The maximum Gasteiger partial charge on any atom is 0.201 e. The lowest BCUT2D eigenvalue weighted by Gasteiger charge is -2.08. The van der Waals surface area contributed by atoms with Gasteiger partial charge < -0.3 is 0 Å². The summed E-state index contributed by atoms with van der Waals surface area (Å²) in [7, 11) is -3.43. The summed E-state index contributed by atoms with van der Waals surface area (Å²) in [6, 6.07) is 5.50. The number of sulfone groups is 1. The van der Waals surface area contributed by atoms with E-state index in [0.29, 0.717) is 17.4 Å². The van der Waals surface area contributed by atoms with Crippen LogP contribution in [0.4, 0.5) is 0 Å². The molecule has 1 aliphatic carbocycles. The molecule has 26 heavy (non-hydrogen) atoms. The second kappa shape index (κ2) is 6.28. The van der Waals surface area contributed by atoms with Crippen LogP contribution in [-0.2, 0) is 9.84 Å². The molecule has 1 fully saturated rings. The Kier molecular flexibility index (Phi) is 4.07. The molecule has 3 aromatic rings. The van der Waals surface area contributed by atoms with Crippen LogP contribution in [0.15, 0.2) is 41.8 Å². The molecule has 4 rings (SSSR count). The Hall–Kier alpha value is -2.61. The highest BCUT2D eigenvalue weighted by Gasteiger charge is 2.28. The summed E-state index contributed by atoms with van der Waals surface area (Å²) >= 11 is 0. The molecule has 0 aliphatic heterocycles. The number of hydrogen-bond donors (Lipinski definition) is 0. The third-order valence-corrected chi connectivity index (χ3v) is 6.21. The highest BCUT2D eigenvalue weighted by atomic mass is 32.2. The van der Waals surface area contributed by atoms with Crippen molar-refractivity contribution in [3.63, 3.8) is 0 Å². The molecular formula is C18H19N5O2S. The van der Waals surface area contributed by atoms with Crippen molar-refractivity contribution in [2.24, 2.45) is 0 Å². The quantitative estimate of drug-likeness (QED) is 0.687. The van der Waals surface area contributed by atoms with Crippen LogP contribution in [0.3, 0.4) is 0 Å². The number of hydrogen-bond acceptors (Lipinski definition) is 6. The summed E-state index contributed by atoms with van der Waals surface area (Å²) in [5.74, 6) is 1.32. The maximum absolute atomic E-state index is 12.6. The van der Waals surface area contributed by atoms with Gasteiger partial charge in [0.25, 0.3) is 0 Å². The predicted molar refractivity (Wildman–Crippen MR) is 96.8 cm³/mol. The average Bonchev–Trinajstić information content (AvgIpc) is 3.39. The van der Waals surface area contributed by atoms with E-state index in [4.69, 9.17) is 0 Å². The topological polar surface area (TPSA) is 90.6 Å². The summed E-state index contributed by atoms with van der Waals surface area (Å²) in [4.78, 5) is 13.2. The highest BCUT2D eigenvalue weighted by molar-refractivity contribution is 7.91. The van der Waals surface area contributed by atoms with E-state index in [1.807, 2.05) is 19.1 Å². The number of aromatic nitrogens is 5. The first-order chi connectivity index (χ1) is 12.5. The van der Waals surface area contributed by atoms with E-state index < -0.39 is 9.84 Å². The molecule has 3 aromatic heterocycles. The second-order valence-electron chi connectivity index (χ2n) is 6.50. The molecule has 7 nitrogen and oxygen atoms in total. The zero-order valence-corrected chi connectivity index (χ0v) is 15.4. The Morgan fingerprint density at radius 2 is 1.96 bits per heavy atom. The molecule has 8 heteroatoms. The van der Waals surface area contributed by atoms with Crippen molar-refractivity contribution < 1.29 is 8.42 Å². The molecule has 0 amide bonds. The van der Waals surface area contributed by atoms with Gasteiger partial charge in [0.05, 0.1) is 10.6 Å². The first-order valence-corrected chi connectivity index (χ1v) is 10.2. The van der Waals surface area contributed by atoms with Gasteiger partial charge in [-0.15, -0.1) is 5.10 Å². The van der Waals surface area contributed by atoms with Crippen LogP contribution < -0.4 is 0 Å². The molecule has 0 aromatic carbocycles. The van der Waals surface area contributed by atoms with E-state index >= 15 is 0 Å². The Morgan fingerprint density at radius 1 is 1.15 bits per heavy atom. The zero-order chi connectivity index (χ0) is 18.3. The van der Waals surface area contributed by atoms with Crippen LogP contribution in [0, 0.1) is 6.92 Å². The van der Waals surface area contributed by atoms with Crippen molar-refractivity contribution in [1.29, 1.82) is 0 Å². The van der Waals surface area contributed by atoms with E-state index in [-0.39, 0.29) is 16.5 Å². The molecule has 134 valence electrons.